The van der Waals surface area contributed by atoms with Crippen molar-refractivity contribution in [2.45, 2.75) is 33.2 Å². The first-order valence-corrected chi connectivity index (χ1v) is 4.79. The lowest BCUT2D eigenvalue weighted by Gasteiger charge is -2.11. The number of H-pyrrole nitrogens is 1. The third-order valence-corrected chi connectivity index (χ3v) is 2.26. The predicted molar refractivity (Wildman–Crippen MR) is 50.0 cm³/mol. The van der Waals surface area contributed by atoms with Gasteiger partial charge < -0.3 is 5.32 Å². The average molecular weight is 183 g/mol. The highest BCUT2D eigenvalue weighted by Gasteiger charge is 2.03. The van der Waals surface area contributed by atoms with Crippen molar-refractivity contribution in [2.75, 3.05) is 6.54 Å². The number of hydrogen-bond acceptors (Lipinski definition) is 4. The molecular formula is C8H17N5. The van der Waals surface area contributed by atoms with Crippen molar-refractivity contribution in [3.8, 4) is 0 Å². The van der Waals surface area contributed by atoms with E-state index in [2.05, 4.69) is 39.8 Å². The maximum absolute atomic E-state index is 3.86. The van der Waals surface area contributed by atoms with E-state index in [0.717, 1.165) is 18.3 Å². The smallest absolute Gasteiger partial charge is 0.188 e. The maximum atomic E-state index is 3.86. The summed E-state index contributed by atoms with van der Waals surface area (Å²) < 4.78 is 0. The first-order chi connectivity index (χ1) is 6.36. The van der Waals surface area contributed by atoms with E-state index in [1.807, 2.05) is 0 Å². The van der Waals surface area contributed by atoms with Gasteiger partial charge in [-0.05, 0) is 12.5 Å². The van der Waals surface area contributed by atoms with Crippen molar-refractivity contribution in [3.05, 3.63) is 5.82 Å². The van der Waals surface area contributed by atoms with Gasteiger partial charge in [0.1, 0.15) is 0 Å². The van der Waals surface area contributed by atoms with Gasteiger partial charge in [0.05, 0.1) is 6.54 Å². The molecule has 0 aliphatic carbocycles. The van der Waals surface area contributed by atoms with Crippen LogP contribution in [0.4, 0.5) is 0 Å². The fourth-order valence-electron chi connectivity index (χ4n) is 1.22. The van der Waals surface area contributed by atoms with Crippen LogP contribution >= 0.6 is 0 Å². The Labute approximate surface area is 78.3 Å². The van der Waals surface area contributed by atoms with Crippen LogP contribution in [-0.2, 0) is 6.54 Å². The van der Waals surface area contributed by atoms with Gasteiger partial charge in [-0.3, -0.25) is 0 Å². The molecule has 2 N–H and O–H groups in total. The zero-order chi connectivity index (χ0) is 9.52. The standard InChI is InChI=1S/C8H17N5/c1-3-7(4-2)5-9-6-8-10-12-13-11-8/h7,9H,3-6H2,1-2H3,(H,10,11,12,13). The summed E-state index contributed by atoms with van der Waals surface area (Å²) >= 11 is 0. The number of nitrogens with zero attached hydrogens (tertiary/aromatic N) is 3. The number of nitrogens with one attached hydrogen (secondary N) is 2. The van der Waals surface area contributed by atoms with Crippen molar-refractivity contribution < 1.29 is 0 Å². The highest BCUT2D eigenvalue weighted by molar-refractivity contribution is 4.74. The molecule has 1 aromatic heterocycles. The molecule has 0 atom stereocenters. The van der Waals surface area contributed by atoms with Gasteiger partial charge in [-0.2, -0.15) is 5.21 Å². The Bertz CT molecular complexity index is 204. The molecule has 0 fully saturated rings. The SMILES string of the molecule is CCC(CC)CNCc1nn[nH]n1. The van der Waals surface area contributed by atoms with E-state index >= 15 is 0 Å². The van der Waals surface area contributed by atoms with E-state index in [1.165, 1.54) is 12.8 Å². The Morgan fingerprint density at radius 3 is 2.69 bits per heavy atom. The van der Waals surface area contributed by atoms with Crippen molar-refractivity contribution >= 4 is 0 Å². The van der Waals surface area contributed by atoms with Crippen molar-refractivity contribution in [1.29, 1.82) is 0 Å². The summed E-state index contributed by atoms with van der Waals surface area (Å²) in [5.74, 6) is 1.48. The van der Waals surface area contributed by atoms with Crippen LogP contribution in [0.15, 0.2) is 0 Å². The summed E-state index contributed by atoms with van der Waals surface area (Å²) in [7, 11) is 0. The molecule has 0 radical (unpaired) electrons. The molecule has 13 heavy (non-hydrogen) atoms. The second-order valence-corrected chi connectivity index (χ2v) is 3.14. The molecule has 0 aliphatic heterocycles. The average Bonchev–Trinajstić information content (AvgIpc) is 2.65. The first kappa shape index (κ1) is 10.1. The zero-order valence-electron chi connectivity index (χ0n) is 8.25. The van der Waals surface area contributed by atoms with Gasteiger partial charge in [-0.15, -0.1) is 10.2 Å². The Kier molecular flexibility index (Phi) is 4.39. The van der Waals surface area contributed by atoms with Gasteiger partial charge in [0.2, 0.25) is 0 Å². The summed E-state index contributed by atoms with van der Waals surface area (Å²) in [4.78, 5) is 0. The zero-order valence-corrected chi connectivity index (χ0v) is 8.25. The van der Waals surface area contributed by atoms with Gasteiger partial charge >= 0.3 is 0 Å². The number of tetrazole rings is 1. The molecular weight excluding hydrogens is 166 g/mol. The van der Waals surface area contributed by atoms with Crippen molar-refractivity contribution in [3.63, 3.8) is 0 Å². The third-order valence-electron chi connectivity index (χ3n) is 2.26. The number of aromatic amines is 1. The Hall–Kier alpha value is -0.970. The third kappa shape index (κ3) is 3.50. The monoisotopic (exact) mass is 183 g/mol. The summed E-state index contributed by atoms with van der Waals surface area (Å²) in [5, 5.41) is 16.9. The number of aromatic nitrogens is 4. The normalized spacial score (nSPS) is 11.0. The molecule has 5 heteroatoms. The van der Waals surface area contributed by atoms with Gasteiger partial charge in [-0.1, -0.05) is 31.9 Å². The molecule has 0 spiro atoms. The van der Waals surface area contributed by atoms with Crippen LogP contribution < -0.4 is 5.32 Å². The lowest BCUT2D eigenvalue weighted by molar-refractivity contribution is 0.446. The fraction of sp³-hybridized carbons (Fsp3) is 0.875. The molecule has 0 saturated carbocycles. The van der Waals surface area contributed by atoms with Gasteiger partial charge in [0, 0.05) is 0 Å². The van der Waals surface area contributed by atoms with E-state index < -0.39 is 0 Å². The molecule has 0 bridgehead atoms. The van der Waals surface area contributed by atoms with Crippen LogP contribution in [0.2, 0.25) is 0 Å². The van der Waals surface area contributed by atoms with Gasteiger partial charge in [0.15, 0.2) is 5.82 Å². The molecule has 1 aromatic rings. The minimum Gasteiger partial charge on any atom is -0.309 e. The van der Waals surface area contributed by atoms with E-state index in [-0.39, 0.29) is 0 Å². The number of hydrogen-bond donors (Lipinski definition) is 2. The molecule has 0 aromatic carbocycles. The van der Waals surface area contributed by atoms with Crippen LogP contribution in [0.5, 0.6) is 0 Å². The molecule has 5 nitrogen and oxygen atoms in total. The Morgan fingerprint density at radius 1 is 1.38 bits per heavy atom. The largest absolute Gasteiger partial charge is 0.309 e. The van der Waals surface area contributed by atoms with Gasteiger partial charge in [-0.25, -0.2) is 0 Å². The molecule has 1 heterocycles. The highest BCUT2D eigenvalue weighted by Crippen LogP contribution is 2.04. The Balaban J connectivity index is 2.13. The van der Waals surface area contributed by atoms with Crippen LogP contribution in [-0.4, -0.2) is 27.2 Å². The summed E-state index contributed by atoms with van der Waals surface area (Å²) in [6.45, 7) is 6.16. The minimum atomic E-state index is 0.701. The first-order valence-electron chi connectivity index (χ1n) is 4.79. The molecule has 0 saturated heterocycles. The van der Waals surface area contributed by atoms with Gasteiger partial charge in [0.25, 0.3) is 0 Å². The molecule has 1 rings (SSSR count). The predicted octanol–water partition coefficient (Wildman–Crippen LogP) is 0.725. The Morgan fingerprint density at radius 2 is 2.15 bits per heavy atom. The van der Waals surface area contributed by atoms with Crippen LogP contribution in [0, 0.1) is 5.92 Å². The molecule has 0 amide bonds. The van der Waals surface area contributed by atoms with E-state index in [4.69, 9.17) is 0 Å². The van der Waals surface area contributed by atoms with E-state index in [0.29, 0.717) is 6.54 Å². The lowest BCUT2D eigenvalue weighted by Crippen LogP contribution is -2.22. The van der Waals surface area contributed by atoms with E-state index in [9.17, 15) is 0 Å². The quantitative estimate of drug-likeness (QED) is 0.682. The number of rotatable bonds is 6. The lowest BCUT2D eigenvalue weighted by atomic mass is 10.0. The second-order valence-electron chi connectivity index (χ2n) is 3.14. The second kappa shape index (κ2) is 5.64. The van der Waals surface area contributed by atoms with Crippen molar-refractivity contribution in [2.24, 2.45) is 5.92 Å². The minimum absolute atomic E-state index is 0.701. The van der Waals surface area contributed by atoms with Crippen molar-refractivity contribution in [1.82, 2.24) is 25.9 Å². The summed E-state index contributed by atoms with van der Waals surface area (Å²) in [6.07, 6.45) is 2.44. The van der Waals surface area contributed by atoms with Crippen LogP contribution in [0.1, 0.15) is 32.5 Å². The molecule has 0 unspecified atom stereocenters. The topological polar surface area (TPSA) is 66.5 Å². The summed E-state index contributed by atoms with van der Waals surface area (Å²) in [6, 6.07) is 0. The summed E-state index contributed by atoms with van der Waals surface area (Å²) in [5.41, 5.74) is 0. The van der Waals surface area contributed by atoms with E-state index in [1.54, 1.807) is 0 Å². The molecule has 74 valence electrons. The maximum Gasteiger partial charge on any atom is 0.188 e. The fourth-order valence-corrected chi connectivity index (χ4v) is 1.22. The van der Waals surface area contributed by atoms with Crippen LogP contribution in [0.25, 0.3) is 0 Å². The van der Waals surface area contributed by atoms with Crippen LogP contribution in [0.3, 0.4) is 0 Å². The highest BCUT2D eigenvalue weighted by atomic mass is 15.5. The molecule has 0 aliphatic rings.